The molecule has 3 N–H and O–H groups in total. The maximum Gasteiger partial charge on any atom is 0.254 e. The zero-order valence-corrected chi connectivity index (χ0v) is 13.3. The molecule has 0 atom stereocenters. The van der Waals surface area contributed by atoms with Gasteiger partial charge in [-0.3, -0.25) is 4.79 Å². The van der Waals surface area contributed by atoms with Crippen LogP contribution in [0.15, 0.2) is 12.1 Å². The normalized spacial score (nSPS) is 17.0. The SMILES string of the molecule is CCc1cc(C(=O)N2CCC(CC)(CC)C2)cc(NN)n1. The van der Waals surface area contributed by atoms with E-state index in [1.165, 1.54) is 0 Å². The highest BCUT2D eigenvalue weighted by molar-refractivity contribution is 5.95. The van der Waals surface area contributed by atoms with Crippen molar-refractivity contribution in [1.29, 1.82) is 0 Å². The first kappa shape index (κ1) is 15.8. The van der Waals surface area contributed by atoms with Crippen molar-refractivity contribution in [3.8, 4) is 0 Å². The lowest BCUT2D eigenvalue weighted by Gasteiger charge is -2.26. The number of carbonyl (C=O) groups excluding carboxylic acids is 1. The largest absolute Gasteiger partial charge is 0.338 e. The van der Waals surface area contributed by atoms with Crippen molar-refractivity contribution < 1.29 is 4.79 Å². The molecular weight excluding hydrogens is 264 g/mol. The Kier molecular flexibility index (Phi) is 4.83. The molecule has 1 aliphatic rings. The molecule has 1 aliphatic heterocycles. The maximum atomic E-state index is 12.7. The molecule has 1 aromatic rings. The second kappa shape index (κ2) is 6.43. The summed E-state index contributed by atoms with van der Waals surface area (Å²) in [6.45, 7) is 8.15. The van der Waals surface area contributed by atoms with Gasteiger partial charge in [0.25, 0.3) is 5.91 Å². The van der Waals surface area contributed by atoms with E-state index >= 15 is 0 Å². The average Bonchev–Trinajstić information content (AvgIpc) is 2.98. The van der Waals surface area contributed by atoms with Crippen molar-refractivity contribution >= 4 is 11.7 Å². The number of rotatable bonds is 5. The molecule has 0 spiro atoms. The van der Waals surface area contributed by atoms with Crippen molar-refractivity contribution in [2.75, 3.05) is 18.5 Å². The number of nitrogens with one attached hydrogen (secondary N) is 1. The molecule has 0 bridgehead atoms. The lowest BCUT2D eigenvalue weighted by atomic mass is 9.82. The highest BCUT2D eigenvalue weighted by Crippen LogP contribution is 2.37. The van der Waals surface area contributed by atoms with E-state index in [4.69, 9.17) is 5.84 Å². The number of nitrogens with zero attached hydrogens (tertiary/aromatic N) is 2. The number of anilines is 1. The second-order valence-electron chi connectivity index (χ2n) is 5.91. The Hall–Kier alpha value is -1.62. The van der Waals surface area contributed by atoms with Crippen LogP contribution < -0.4 is 11.3 Å². The minimum Gasteiger partial charge on any atom is -0.338 e. The van der Waals surface area contributed by atoms with Crippen molar-refractivity contribution in [1.82, 2.24) is 9.88 Å². The number of carbonyl (C=O) groups is 1. The predicted molar refractivity (Wildman–Crippen MR) is 85.0 cm³/mol. The summed E-state index contributed by atoms with van der Waals surface area (Å²) in [7, 11) is 0. The molecule has 0 aromatic carbocycles. The van der Waals surface area contributed by atoms with E-state index in [2.05, 4.69) is 24.3 Å². The van der Waals surface area contributed by atoms with E-state index in [-0.39, 0.29) is 5.91 Å². The highest BCUT2D eigenvalue weighted by atomic mass is 16.2. The van der Waals surface area contributed by atoms with Crippen LogP contribution in [0.5, 0.6) is 0 Å². The van der Waals surface area contributed by atoms with E-state index in [0.29, 0.717) is 16.8 Å². The average molecular weight is 290 g/mol. The number of nitrogen functional groups attached to an aromatic ring is 1. The Morgan fingerprint density at radius 3 is 2.62 bits per heavy atom. The molecule has 0 aliphatic carbocycles. The first-order valence-electron chi connectivity index (χ1n) is 7.84. The number of likely N-dealkylation sites (tertiary alicyclic amines) is 1. The van der Waals surface area contributed by atoms with Gasteiger partial charge in [0.1, 0.15) is 5.82 Å². The molecule has 1 amide bonds. The lowest BCUT2D eigenvalue weighted by molar-refractivity contribution is 0.0769. The monoisotopic (exact) mass is 290 g/mol. The fourth-order valence-corrected chi connectivity index (χ4v) is 3.08. The van der Waals surface area contributed by atoms with Gasteiger partial charge in [-0.05, 0) is 43.2 Å². The summed E-state index contributed by atoms with van der Waals surface area (Å²) in [5.74, 6) is 6.08. The summed E-state index contributed by atoms with van der Waals surface area (Å²) < 4.78 is 0. The molecule has 5 nitrogen and oxygen atoms in total. The van der Waals surface area contributed by atoms with E-state index in [1.807, 2.05) is 17.9 Å². The number of aryl methyl sites for hydroxylation is 1. The molecule has 1 aromatic heterocycles. The van der Waals surface area contributed by atoms with Gasteiger partial charge in [0.2, 0.25) is 0 Å². The molecular formula is C16H26N4O. The standard InChI is InChI=1S/C16H26N4O/c1-4-13-9-12(10-14(18-13)19-17)15(21)20-8-7-16(5-2,6-3)11-20/h9-10H,4-8,11,17H2,1-3H3,(H,18,19). The molecule has 2 rings (SSSR count). The fourth-order valence-electron chi connectivity index (χ4n) is 3.08. The van der Waals surface area contributed by atoms with Gasteiger partial charge in [0.15, 0.2) is 0 Å². The number of pyridine rings is 1. The molecule has 5 heteroatoms. The topological polar surface area (TPSA) is 71.2 Å². The van der Waals surface area contributed by atoms with Crippen LogP contribution in [0.2, 0.25) is 0 Å². The summed E-state index contributed by atoms with van der Waals surface area (Å²) in [5.41, 5.74) is 4.40. The summed E-state index contributed by atoms with van der Waals surface area (Å²) in [5, 5.41) is 0. The number of nitrogens with two attached hydrogens (primary N) is 1. The first-order valence-corrected chi connectivity index (χ1v) is 7.84. The van der Waals surface area contributed by atoms with Crippen molar-refractivity contribution in [3.63, 3.8) is 0 Å². The minimum atomic E-state index is 0.0902. The van der Waals surface area contributed by atoms with Gasteiger partial charge in [0, 0.05) is 24.3 Å². The molecule has 0 unspecified atom stereocenters. The Bertz CT molecular complexity index is 489. The summed E-state index contributed by atoms with van der Waals surface area (Å²) >= 11 is 0. The van der Waals surface area contributed by atoms with Gasteiger partial charge >= 0.3 is 0 Å². The molecule has 1 saturated heterocycles. The third-order valence-electron chi connectivity index (χ3n) is 4.86. The molecule has 116 valence electrons. The Balaban J connectivity index is 2.21. The van der Waals surface area contributed by atoms with E-state index in [1.54, 1.807) is 6.07 Å². The number of hydrazine groups is 1. The Labute approximate surface area is 126 Å². The van der Waals surface area contributed by atoms with Crippen LogP contribution in [0.4, 0.5) is 5.82 Å². The molecule has 0 saturated carbocycles. The number of amides is 1. The number of hydrogen-bond donors (Lipinski definition) is 2. The zero-order valence-electron chi connectivity index (χ0n) is 13.3. The fraction of sp³-hybridized carbons (Fsp3) is 0.625. The van der Waals surface area contributed by atoms with E-state index in [0.717, 1.165) is 44.5 Å². The number of aromatic nitrogens is 1. The minimum absolute atomic E-state index is 0.0902. The van der Waals surface area contributed by atoms with Gasteiger partial charge in [-0.2, -0.15) is 0 Å². The molecule has 21 heavy (non-hydrogen) atoms. The van der Waals surface area contributed by atoms with Crippen LogP contribution in [0.3, 0.4) is 0 Å². The molecule has 1 fully saturated rings. The predicted octanol–water partition coefficient (Wildman–Crippen LogP) is 2.58. The van der Waals surface area contributed by atoms with E-state index in [9.17, 15) is 4.79 Å². The van der Waals surface area contributed by atoms with Gasteiger partial charge in [-0.25, -0.2) is 10.8 Å². The van der Waals surface area contributed by atoms with Crippen molar-refractivity contribution in [3.05, 3.63) is 23.4 Å². The smallest absolute Gasteiger partial charge is 0.254 e. The van der Waals surface area contributed by atoms with E-state index < -0.39 is 0 Å². The van der Waals surface area contributed by atoms with Gasteiger partial charge in [-0.1, -0.05) is 20.8 Å². The highest BCUT2D eigenvalue weighted by Gasteiger charge is 2.37. The quantitative estimate of drug-likeness (QED) is 0.646. The zero-order chi connectivity index (χ0) is 15.5. The number of hydrogen-bond acceptors (Lipinski definition) is 4. The van der Waals surface area contributed by atoms with Gasteiger partial charge < -0.3 is 10.3 Å². The summed E-state index contributed by atoms with van der Waals surface area (Å²) in [6.07, 6.45) is 4.13. The second-order valence-corrected chi connectivity index (χ2v) is 5.91. The lowest BCUT2D eigenvalue weighted by Crippen LogP contribution is -2.32. The third-order valence-corrected chi connectivity index (χ3v) is 4.86. The Morgan fingerprint density at radius 1 is 1.38 bits per heavy atom. The van der Waals surface area contributed by atoms with Gasteiger partial charge in [0.05, 0.1) is 0 Å². The first-order chi connectivity index (χ1) is 10.1. The summed E-state index contributed by atoms with van der Waals surface area (Å²) in [6, 6.07) is 3.61. The van der Waals surface area contributed by atoms with Crippen molar-refractivity contribution in [2.45, 2.75) is 46.5 Å². The Morgan fingerprint density at radius 2 is 2.10 bits per heavy atom. The van der Waals surface area contributed by atoms with Crippen LogP contribution >= 0.6 is 0 Å². The summed E-state index contributed by atoms with van der Waals surface area (Å²) in [4.78, 5) is 19.0. The van der Waals surface area contributed by atoms with Crippen LogP contribution in [-0.4, -0.2) is 28.9 Å². The van der Waals surface area contributed by atoms with Crippen molar-refractivity contribution in [2.24, 2.45) is 11.3 Å². The van der Waals surface area contributed by atoms with Crippen LogP contribution in [-0.2, 0) is 6.42 Å². The molecule has 2 heterocycles. The van der Waals surface area contributed by atoms with Crippen LogP contribution in [0.1, 0.15) is 56.1 Å². The van der Waals surface area contributed by atoms with Crippen LogP contribution in [0.25, 0.3) is 0 Å². The van der Waals surface area contributed by atoms with Crippen LogP contribution in [0, 0.1) is 5.41 Å². The maximum absolute atomic E-state index is 12.7. The van der Waals surface area contributed by atoms with Gasteiger partial charge in [-0.15, -0.1) is 0 Å². The molecule has 0 radical (unpaired) electrons. The third kappa shape index (κ3) is 3.18.